The summed E-state index contributed by atoms with van der Waals surface area (Å²) in [5.74, 6) is -3.18. The van der Waals surface area contributed by atoms with E-state index in [1.165, 1.54) is 7.11 Å². The van der Waals surface area contributed by atoms with Gasteiger partial charge in [0.1, 0.15) is 12.1 Å². The predicted molar refractivity (Wildman–Crippen MR) is 203 cm³/mol. The summed E-state index contributed by atoms with van der Waals surface area (Å²) >= 11 is 0. The first-order chi connectivity index (χ1) is 25.1. The zero-order valence-electron chi connectivity index (χ0n) is 33.4. The van der Waals surface area contributed by atoms with Gasteiger partial charge in [-0.3, -0.25) is 19.2 Å². The number of methoxy groups -OCH3 is 2. The van der Waals surface area contributed by atoms with E-state index in [4.69, 9.17) is 9.47 Å². The molecule has 2 aliphatic rings. The molecule has 1 aromatic carbocycles. The van der Waals surface area contributed by atoms with Crippen molar-refractivity contribution in [3.63, 3.8) is 0 Å². The van der Waals surface area contributed by atoms with Crippen molar-refractivity contribution in [2.45, 2.75) is 135 Å². The van der Waals surface area contributed by atoms with Crippen LogP contribution >= 0.6 is 0 Å². The van der Waals surface area contributed by atoms with Crippen molar-refractivity contribution in [3.8, 4) is 0 Å². The molecule has 1 unspecified atom stereocenters. The molecule has 2 heterocycles. The van der Waals surface area contributed by atoms with Gasteiger partial charge in [-0.2, -0.15) is 0 Å². The summed E-state index contributed by atoms with van der Waals surface area (Å²) in [7, 11) is 4.77. The summed E-state index contributed by atoms with van der Waals surface area (Å²) in [6.45, 7) is 12.7. The average molecular weight is 744 g/mol. The summed E-state index contributed by atoms with van der Waals surface area (Å²) < 4.78 is 11.9. The zero-order chi connectivity index (χ0) is 39.5. The Morgan fingerprint density at radius 3 is 2.25 bits per heavy atom. The number of benzene rings is 1. The lowest BCUT2D eigenvalue weighted by atomic mass is 9.88. The summed E-state index contributed by atoms with van der Waals surface area (Å²) in [5.41, 5.74) is 0.0435. The Morgan fingerprint density at radius 2 is 1.70 bits per heavy atom. The highest BCUT2D eigenvalue weighted by molar-refractivity contribution is 5.92. The number of piperidine rings is 1. The smallest absolute Gasteiger partial charge is 0.326 e. The standard InChI is InChI=1S/C40H65N5O8/c1-10-26(4)34(44(7)37(48)33(25(2)3)43-39(51)40(6)20-14-15-21-41-40)31(52-8)24-32(46)45-22-16-19-30(45)35(53-9)27(5)36(47)42-29(38(49)50)23-28-17-12-11-13-18-28/h11-13,17-18,25-27,29-31,33-35,41H,10,14-16,19-24H2,1-9H3,(H,42,47)(H,43,51)(H,49,50)/t26-,27+,29-,30?,31+,33-,34-,35+,40-/m0/s1. The van der Waals surface area contributed by atoms with Gasteiger partial charge in [-0.25, -0.2) is 4.79 Å². The molecule has 298 valence electrons. The van der Waals surface area contributed by atoms with Gasteiger partial charge in [-0.15, -0.1) is 0 Å². The van der Waals surface area contributed by atoms with Crippen LogP contribution in [0.15, 0.2) is 30.3 Å². The summed E-state index contributed by atoms with van der Waals surface area (Å²) in [6, 6.07) is 6.34. The molecular formula is C40H65N5O8. The highest BCUT2D eigenvalue weighted by atomic mass is 16.5. The molecular weight excluding hydrogens is 678 g/mol. The van der Waals surface area contributed by atoms with E-state index < -0.39 is 59.7 Å². The third kappa shape index (κ3) is 11.2. The quantitative estimate of drug-likeness (QED) is 0.166. The summed E-state index contributed by atoms with van der Waals surface area (Å²) in [6.07, 6.45) is 3.49. The van der Waals surface area contributed by atoms with Gasteiger partial charge in [0, 0.05) is 34.2 Å². The number of carboxylic acids is 1. The number of hydrogen-bond acceptors (Lipinski definition) is 8. The molecule has 0 radical (unpaired) electrons. The Bertz CT molecular complexity index is 1370. The van der Waals surface area contributed by atoms with Crippen LogP contribution in [-0.4, -0.2) is 121 Å². The molecule has 3 rings (SSSR count). The number of carbonyl (C=O) groups is 5. The number of rotatable bonds is 19. The Hall–Kier alpha value is -3.55. The second kappa shape index (κ2) is 20.2. The molecule has 0 aliphatic carbocycles. The maximum Gasteiger partial charge on any atom is 0.326 e. The fourth-order valence-corrected chi connectivity index (χ4v) is 7.94. The van der Waals surface area contributed by atoms with Crippen LogP contribution in [0.3, 0.4) is 0 Å². The number of likely N-dealkylation sites (tertiary alicyclic amines) is 1. The lowest BCUT2D eigenvalue weighted by Gasteiger charge is -2.41. The van der Waals surface area contributed by atoms with Gasteiger partial charge in [0.2, 0.25) is 23.6 Å². The Kier molecular flexibility index (Phi) is 16.7. The number of amides is 4. The highest BCUT2D eigenvalue weighted by Gasteiger charge is 2.44. The first-order valence-electron chi connectivity index (χ1n) is 19.3. The number of ether oxygens (including phenoxy) is 2. The van der Waals surface area contributed by atoms with Crippen molar-refractivity contribution in [3.05, 3.63) is 35.9 Å². The number of nitrogens with zero attached hydrogens (tertiary/aromatic N) is 2. The van der Waals surface area contributed by atoms with Gasteiger partial charge in [0.05, 0.1) is 42.2 Å². The third-order valence-corrected chi connectivity index (χ3v) is 11.5. The van der Waals surface area contributed by atoms with Crippen molar-refractivity contribution >= 4 is 29.6 Å². The number of carboxylic acid groups (broad SMARTS) is 1. The van der Waals surface area contributed by atoms with Crippen molar-refractivity contribution in [1.82, 2.24) is 25.8 Å². The number of likely N-dealkylation sites (N-methyl/N-ethyl adjacent to an activating group) is 1. The van der Waals surface area contributed by atoms with E-state index in [0.29, 0.717) is 25.8 Å². The monoisotopic (exact) mass is 743 g/mol. The SMILES string of the molecule is CC[C@H](C)[C@@H]([C@@H](CC(=O)N1CCCC1[C@H](OC)[C@@H](C)C(=O)N[C@@H](Cc1ccccc1)C(=O)O)OC)N(C)C(=O)[C@@H](NC(=O)[C@]1(C)CCCCN1)C(C)C. The second-order valence-electron chi connectivity index (χ2n) is 15.6. The molecule has 2 aliphatic heterocycles. The van der Waals surface area contributed by atoms with Crippen LogP contribution in [0.2, 0.25) is 0 Å². The largest absolute Gasteiger partial charge is 0.480 e. The van der Waals surface area contributed by atoms with Crippen molar-refractivity contribution in [1.29, 1.82) is 0 Å². The zero-order valence-corrected chi connectivity index (χ0v) is 33.4. The number of hydrogen-bond donors (Lipinski definition) is 4. The lowest BCUT2D eigenvalue weighted by Crippen LogP contribution is -2.63. The van der Waals surface area contributed by atoms with Crippen molar-refractivity contribution < 1.29 is 38.6 Å². The second-order valence-corrected chi connectivity index (χ2v) is 15.6. The van der Waals surface area contributed by atoms with Crippen LogP contribution in [0.1, 0.15) is 92.1 Å². The molecule has 2 saturated heterocycles. The maximum absolute atomic E-state index is 14.2. The normalized spacial score (nSPS) is 22.9. The van der Waals surface area contributed by atoms with Gasteiger partial charge < -0.3 is 40.3 Å². The number of aliphatic carboxylic acids is 1. The van der Waals surface area contributed by atoms with Crippen LogP contribution < -0.4 is 16.0 Å². The molecule has 13 nitrogen and oxygen atoms in total. The van der Waals surface area contributed by atoms with Crippen molar-refractivity contribution in [2.75, 3.05) is 34.4 Å². The number of carbonyl (C=O) groups excluding carboxylic acids is 4. The van der Waals surface area contributed by atoms with Gasteiger partial charge >= 0.3 is 5.97 Å². The summed E-state index contributed by atoms with van der Waals surface area (Å²) in [5, 5.41) is 18.9. The summed E-state index contributed by atoms with van der Waals surface area (Å²) in [4.78, 5) is 70.8. The van der Waals surface area contributed by atoms with E-state index in [0.717, 1.165) is 31.4 Å². The molecule has 13 heteroatoms. The molecule has 0 bridgehead atoms. The Morgan fingerprint density at radius 1 is 1.02 bits per heavy atom. The molecule has 0 spiro atoms. The first-order valence-corrected chi connectivity index (χ1v) is 19.3. The molecule has 0 saturated carbocycles. The van der Waals surface area contributed by atoms with E-state index in [-0.39, 0.29) is 42.4 Å². The number of nitrogens with one attached hydrogen (secondary N) is 3. The minimum atomic E-state index is -1.14. The van der Waals surface area contributed by atoms with Crippen LogP contribution in [0, 0.1) is 17.8 Å². The molecule has 1 aromatic rings. The van der Waals surface area contributed by atoms with Gasteiger partial charge in [0.25, 0.3) is 0 Å². The Balaban J connectivity index is 1.76. The third-order valence-electron chi connectivity index (χ3n) is 11.5. The molecule has 4 N–H and O–H groups in total. The maximum atomic E-state index is 14.2. The van der Waals surface area contributed by atoms with Gasteiger partial charge in [-0.05, 0) is 63.0 Å². The van der Waals surface area contributed by atoms with E-state index in [2.05, 4.69) is 16.0 Å². The van der Waals surface area contributed by atoms with Crippen LogP contribution in [0.5, 0.6) is 0 Å². The fraction of sp³-hybridized carbons (Fsp3) is 0.725. The predicted octanol–water partition coefficient (Wildman–Crippen LogP) is 3.39. The minimum absolute atomic E-state index is 0.00447. The van der Waals surface area contributed by atoms with Crippen LogP contribution in [0.4, 0.5) is 0 Å². The molecule has 0 aromatic heterocycles. The molecule has 53 heavy (non-hydrogen) atoms. The molecule has 4 amide bonds. The van der Waals surface area contributed by atoms with E-state index >= 15 is 0 Å². The molecule has 9 atom stereocenters. The first kappa shape index (κ1) is 43.9. The van der Waals surface area contributed by atoms with Gasteiger partial charge in [-0.1, -0.05) is 71.4 Å². The van der Waals surface area contributed by atoms with Crippen LogP contribution in [-0.2, 0) is 39.9 Å². The van der Waals surface area contributed by atoms with Crippen LogP contribution in [0.25, 0.3) is 0 Å². The van der Waals surface area contributed by atoms with Crippen molar-refractivity contribution in [2.24, 2.45) is 17.8 Å². The topological polar surface area (TPSA) is 167 Å². The van der Waals surface area contributed by atoms with E-state index in [1.54, 1.807) is 30.9 Å². The van der Waals surface area contributed by atoms with Gasteiger partial charge in [0.15, 0.2) is 0 Å². The molecule has 2 fully saturated rings. The minimum Gasteiger partial charge on any atom is -0.480 e. The van der Waals surface area contributed by atoms with E-state index in [9.17, 15) is 29.1 Å². The highest BCUT2D eigenvalue weighted by Crippen LogP contribution is 2.30. The lowest BCUT2D eigenvalue weighted by molar-refractivity contribution is -0.148. The fourth-order valence-electron chi connectivity index (χ4n) is 7.94. The average Bonchev–Trinajstić information content (AvgIpc) is 3.63. The van der Waals surface area contributed by atoms with E-state index in [1.807, 2.05) is 65.0 Å². The Labute approximate surface area is 316 Å².